The van der Waals surface area contributed by atoms with Gasteiger partial charge in [0.1, 0.15) is 5.01 Å². The smallest absolute Gasteiger partial charge is 0.252 e. The van der Waals surface area contributed by atoms with Crippen molar-refractivity contribution < 1.29 is 0 Å². The molecule has 26 heavy (non-hydrogen) atoms. The van der Waals surface area contributed by atoms with Crippen LogP contribution in [0.5, 0.6) is 0 Å². The zero-order valence-corrected chi connectivity index (χ0v) is 15.6. The van der Waals surface area contributed by atoms with Gasteiger partial charge in [0.25, 0.3) is 5.13 Å². The van der Waals surface area contributed by atoms with Gasteiger partial charge in [-0.2, -0.15) is 0 Å². The molecule has 0 aliphatic heterocycles. The number of aromatic nitrogens is 2. The summed E-state index contributed by atoms with van der Waals surface area (Å²) in [6, 6.07) is 15.9. The van der Waals surface area contributed by atoms with Crippen LogP contribution in [0.25, 0.3) is 10.6 Å². The number of nitrogens with zero attached hydrogens (tertiary/aromatic N) is 5. The fourth-order valence-corrected chi connectivity index (χ4v) is 3.16. The third kappa shape index (κ3) is 4.89. The lowest BCUT2D eigenvalue weighted by Gasteiger charge is -2.01. The molecule has 0 saturated carbocycles. The molecule has 0 fully saturated rings. The average molecular weight is 363 g/mol. The lowest BCUT2D eigenvalue weighted by Crippen LogP contribution is -1.85. The minimum atomic E-state index is 0.540. The fraction of sp³-hybridized carbons (Fsp3) is 0.250. The van der Waals surface area contributed by atoms with Gasteiger partial charge < -0.3 is 0 Å². The van der Waals surface area contributed by atoms with Gasteiger partial charge in [-0.25, -0.2) is 0 Å². The largest absolute Gasteiger partial charge is 0.265 e. The maximum Gasteiger partial charge on any atom is 0.252 e. The van der Waals surface area contributed by atoms with E-state index >= 15 is 0 Å². The summed E-state index contributed by atoms with van der Waals surface area (Å²) in [6.07, 6.45) is 4.89. The van der Waals surface area contributed by atoms with Crippen molar-refractivity contribution in [1.29, 1.82) is 0 Å². The topological polar surface area (TPSA) is 62.9 Å². The first-order valence-corrected chi connectivity index (χ1v) is 9.51. The molecule has 0 unspecified atom stereocenters. The standard InChI is InChI=1S/C20H21N5S/c1-3-4-5-6-15-7-9-16(10-8-15)19-23-25-20(26-19)24-22-18-13-11-17(21-2)12-14-18/h7-14H,2-6H2,1H3. The van der Waals surface area contributed by atoms with Crippen molar-refractivity contribution in [2.45, 2.75) is 32.6 Å². The van der Waals surface area contributed by atoms with Gasteiger partial charge in [-0.05, 0) is 49.4 Å². The van der Waals surface area contributed by atoms with Gasteiger partial charge in [0, 0.05) is 5.56 Å². The van der Waals surface area contributed by atoms with E-state index < -0.39 is 0 Å². The Morgan fingerprint density at radius 3 is 2.31 bits per heavy atom. The molecule has 0 N–H and O–H groups in total. The molecular formula is C20H21N5S. The molecule has 0 spiro atoms. The molecule has 0 saturated heterocycles. The van der Waals surface area contributed by atoms with Gasteiger partial charge >= 0.3 is 0 Å². The quantitative estimate of drug-likeness (QED) is 0.254. The Bertz CT molecular complexity index is 866. The molecule has 0 radical (unpaired) electrons. The molecule has 0 aliphatic carbocycles. The summed E-state index contributed by atoms with van der Waals surface area (Å²) < 4.78 is 0. The van der Waals surface area contributed by atoms with Crippen LogP contribution in [0.1, 0.15) is 31.7 Å². The summed E-state index contributed by atoms with van der Waals surface area (Å²) in [5.74, 6) is 0. The predicted molar refractivity (Wildman–Crippen MR) is 108 cm³/mol. The van der Waals surface area contributed by atoms with E-state index in [4.69, 9.17) is 0 Å². The van der Waals surface area contributed by atoms with E-state index in [9.17, 15) is 0 Å². The molecule has 3 aromatic rings. The number of rotatable bonds is 8. The highest BCUT2D eigenvalue weighted by molar-refractivity contribution is 7.18. The van der Waals surface area contributed by atoms with Crippen LogP contribution in [0.4, 0.5) is 16.5 Å². The Labute approximate surface area is 157 Å². The second-order valence-corrected chi connectivity index (χ2v) is 6.87. The molecule has 0 atom stereocenters. The Morgan fingerprint density at radius 2 is 1.62 bits per heavy atom. The number of hydrogen-bond acceptors (Lipinski definition) is 6. The van der Waals surface area contributed by atoms with E-state index in [2.05, 4.69) is 63.3 Å². The van der Waals surface area contributed by atoms with E-state index in [1.165, 1.54) is 36.2 Å². The number of unbranched alkanes of at least 4 members (excludes halogenated alkanes) is 2. The number of benzene rings is 2. The van der Waals surface area contributed by atoms with Crippen molar-refractivity contribution in [3.8, 4) is 10.6 Å². The van der Waals surface area contributed by atoms with Crippen LogP contribution in [0.15, 0.2) is 63.8 Å². The van der Waals surface area contributed by atoms with E-state index in [0.29, 0.717) is 5.13 Å². The second-order valence-electron chi connectivity index (χ2n) is 5.92. The summed E-state index contributed by atoms with van der Waals surface area (Å²) >= 11 is 1.43. The molecular weight excluding hydrogens is 342 g/mol. The highest BCUT2D eigenvalue weighted by Gasteiger charge is 2.06. The van der Waals surface area contributed by atoms with Gasteiger partial charge in [0.05, 0.1) is 11.4 Å². The first-order valence-electron chi connectivity index (χ1n) is 8.70. The van der Waals surface area contributed by atoms with Crippen molar-refractivity contribution in [1.82, 2.24) is 10.2 Å². The van der Waals surface area contributed by atoms with Crippen LogP contribution in [0.2, 0.25) is 0 Å². The Hall–Kier alpha value is -2.73. The minimum Gasteiger partial charge on any atom is -0.265 e. The minimum absolute atomic E-state index is 0.540. The number of aryl methyl sites for hydroxylation is 1. The summed E-state index contributed by atoms with van der Waals surface area (Å²) in [6.45, 7) is 5.71. The molecule has 0 bridgehead atoms. The van der Waals surface area contributed by atoms with E-state index in [1.807, 2.05) is 24.3 Å². The van der Waals surface area contributed by atoms with Crippen molar-refractivity contribution in [3.63, 3.8) is 0 Å². The molecule has 6 heteroatoms. The number of azo groups is 1. The normalized spacial score (nSPS) is 11.1. The zero-order valence-electron chi connectivity index (χ0n) is 14.8. The lowest BCUT2D eigenvalue weighted by atomic mass is 10.1. The van der Waals surface area contributed by atoms with E-state index in [-0.39, 0.29) is 0 Å². The summed E-state index contributed by atoms with van der Waals surface area (Å²) in [5.41, 5.74) is 3.97. The second kappa shape index (κ2) is 9.10. The molecule has 5 nitrogen and oxygen atoms in total. The van der Waals surface area contributed by atoms with Crippen LogP contribution in [0.3, 0.4) is 0 Å². The van der Waals surface area contributed by atoms with Crippen LogP contribution < -0.4 is 0 Å². The highest BCUT2D eigenvalue weighted by atomic mass is 32.1. The molecule has 1 heterocycles. The molecule has 0 amide bonds. The summed E-state index contributed by atoms with van der Waals surface area (Å²) in [4.78, 5) is 3.85. The molecule has 2 aromatic carbocycles. The molecule has 0 aliphatic rings. The van der Waals surface area contributed by atoms with Crippen molar-refractivity contribution in [2.24, 2.45) is 15.2 Å². The lowest BCUT2D eigenvalue weighted by molar-refractivity contribution is 0.717. The van der Waals surface area contributed by atoms with Gasteiger partial charge in [-0.3, -0.25) is 4.99 Å². The third-order valence-corrected chi connectivity index (χ3v) is 4.82. The van der Waals surface area contributed by atoms with E-state index in [1.54, 1.807) is 0 Å². The zero-order chi connectivity index (χ0) is 18.2. The maximum absolute atomic E-state index is 4.22. The van der Waals surface area contributed by atoms with Crippen LogP contribution in [-0.4, -0.2) is 16.9 Å². The Morgan fingerprint density at radius 1 is 0.885 bits per heavy atom. The Kier molecular flexibility index (Phi) is 6.33. The fourth-order valence-electron chi connectivity index (χ4n) is 2.49. The van der Waals surface area contributed by atoms with Gasteiger partial charge in [-0.15, -0.1) is 20.4 Å². The molecule has 1 aromatic heterocycles. The summed E-state index contributed by atoms with van der Waals surface area (Å²) in [7, 11) is 0. The van der Waals surface area contributed by atoms with Crippen LogP contribution in [0, 0.1) is 0 Å². The number of hydrogen-bond donors (Lipinski definition) is 0. The first-order chi connectivity index (χ1) is 12.8. The monoisotopic (exact) mass is 363 g/mol. The van der Waals surface area contributed by atoms with Crippen LogP contribution in [-0.2, 0) is 6.42 Å². The third-order valence-electron chi connectivity index (χ3n) is 3.97. The first kappa shape index (κ1) is 18.1. The maximum atomic E-state index is 4.22. The molecule has 3 rings (SSSR count). The summed E-state index contributed by atoms with van der Waals surface area (Å²) in [5, 5.41) is 18.1. The predicted octanol–water partition coefficient (Wildman–Crippen LogP) is 6.69. The SMILES string of the molecule is C=Nc1ccc(N=Nc2nnc(-c3ccc(CCCCC)cc3)s2)cc1. The average Bonchev–Trinajstić information content (AvgIpc) is 3.16. The van der Waals surface area contributed by atoms with E-state index in [0.717, 1.165) is 28.4 Å². The van der Waals surface area contributed by atoms with Crippen molar-refractivity contribution in [3.05, 3.63) is 54.1 Å². The van der Waals surface area contributed by atoms with Crippen molar-refractivity contribution in [2.75, 3.05) is 0 Å². The highest BCUT2D eigenvalue weighted by Crippen LogP contribution is 2.29. The van der Waals surface area contributed by atoms with Gasteiger partial charge in [0.15, 0.2) is 0 Å². The van der Waals surface area contributed by atoms with Gasteiger partial charge in [0.2, 0.25) is 0 Å². The Balaban J connectivity index is 1.65. The van der Waals surface area contributed by atoms with Crippen molar-refractivity contribution >= 4 is 34.6 Å². The number of aliphatic imine (C=N–C) groups is 1. The van der Waals surface area contributed by atoms with Gasteiger partial charge in [-0.1, -0.05) is 55.4 Å². The molecule has 132 valence electrons. The van der Waals surface area contributed by atoms with Crippen LogP contribution >= 0.6 is 11.3 Å².